The Labute approximate surface area is 101 Å². The summed E-state index contributed by atoms with van der Waals surface area (Å²) < 4.78 is 0. The van der Waals surface area contributed by atoms with E-state index in [9.17, 15) is 0 Å². The molecular formula is C15H25N. The molecule has 0 spiro atoms. The summed E-state index contributed by atoms with van der Waals surface area (Å²) in [4.78, 5) is 0. The standard InChI is InChI=1S/C15H25N/c1-2-3-4-5-6-7-8-9-10-11-12-13-14-15-16/h8-9,13-14H,2-7,10-12H2,1H3/b9-8+,14-13+. The van der Waals surface area contributed by atoms with Gasteiger partial charge in [0.05, 0.1) is 6.07 Å². The van der Waals surface area contributed by atoms with Crippen LogP contribution in [0.25, 0.3) is 0 Å². The fourth-order valence-corrected chi connectivity index (χ4v) is 1.59. The Bertz CT molecular complexity index is 220. The predicted octanol–water partition coefficient (Wildman–Crippen LogP) is 5.15. The molecule has 0 aromatic carbocycles. The van der Waals surface area contributed by atoms with Gasteiger partial charge in [0.1, 0.15) is 0 Å². The molecule has 0 aromatic rings. The van der Waals surface area contributed by atoms with Crippen LogP contribution in [0, 0.1) is 11.3 Å². The third-order valence-corrected chi connectivity index (χ3v) is 2.57. The first-order chi connectivity index (χ1) is 7.91. The highest BCUT2D eigenvalue weighted by atomic mass is 14.2. The zero-order chi connectivity index (χ0) is 11.9. The van der Waals surface area contributed by atoms with Crippen molar-refractivity contribution in [1.29, 1.82) is 5.26 Å². The summed E-state index contributed by atoms with van der Waals surface area (Å²) in [5.74, 6) is 0. The van der Waals surface area contributed by atoms with Gasteiger partial charge in [-0.25, -0.2) is 0 Å². The maximum absolute atomic E-state index is 8.28. The number of allylic oxidation sites excluding steroid dienone is 4. The minimum atomic E-state index is 1.02. The summed E-state index contributed by atoms with van der Waals surface area (Å²) in [6.45, 7) is 2.25. The normalized spacial score (nSPS) is 11.2. The summed E-state index contributed by atoms with van der Waals surface area (Å²) in [5, 5.41) is 8.28. The van der Waals surface area contributed by atoms with Crippen molar-refractivity contribution in [2.75, 3.05) is 0 Å². The second kappa shape index (κ2) is 14.0. The molecule has 1 heteroatoms. The van der Waals surface area contributed by atoms with E-state index in [2.05, 4.69) is 19.1 Å². The monoisotopic (exact) mass is 219 g/mol. The van der Waals surface area contributed by atoms with E-state index < -0.39 is 0 Å². The van der Waals surface area contributed by atoms with Gasteiger partial charge in [-0.3, -0.25) is 0 Å². The van der Waals surface area contributed by atoms with Gasteiger partial charge < -0.3 is 0 Å². The van der Waals surface area contributed by atoms with Crippen LogP contribution in [0.2, 0.25) is 0 Å². The number of nitrogens with zero attached hydrogens (tertiary/aromatic N) is 1. The molecule has 0 unspecified atom stereocenters. The number of unbranched alkanes of at least 4 members (excludes halogenated alkanes) is 7. The van der Waals surface area contributed by atoms with Crippen LogP contribution in [0.3, 0.4) is 0 Å². The SMILES string of the molecule is CCCCCCC/C=C/CCC/C=C/C#N. The largest absolute Gasteiger partial charge is 0.193 e. The molecule has 0 atom stereocenters. The van der Waals surface area contributed by atoms with Gasteiger partial charge in [-0.05, 0) is 32.1 Å². The van der Waals surface area contributed by atoms with Crippen LogP contribution >= 0.6 is 0 Å². The average Bonchev–Trinajstić information content (AvgIpc) is 2.31. The van der Waals surface area contributed by atoms with E-state index in [1.807, 2.05) is 12.1 Å². The number of hydrogen-bond acceptors (Lipinski definition) is 1. The lowest BCUT2D eigenvalue weighted by atomic mass is 10.1. The lowest BCUT2D eigenvalue weighted by molar-refractivity contribution is 0.637. The highest BCUT2D eigenvalue weighted by molar-refractivity contribution is 5.01. The number of rotatable bonds is 10. The van der Waals surface area contributed by atoms with Crippen LogP contribution < -0.4 is 0 Å². The van der Waals surface area contributed by atoms with Gasteiger partial charge in [0.2, 0.25) is 0 Å². The molecule has 0 rings (SSSR count). The first-order valence-corrected chi connectivity index (χ1v) is 6.61. The summed E-state index contributed by atoms with van der Waals surface area (Å²) >= 11 is 0. The van der Waals surface area contributed by atoms with E-state index in [4.69, 9.17) is 5.26 Å². The van der Waals surface area contributed by atoms with Gasteiger partial charge in [0, 0.05) is 6.08 Å². The molecule has 0 fully saturated rings. The van der Waals surface area contributed by atoms with Crippen LogP contribution in [0.4, 0.5) is 0 Å². The van der Waals surface area contributed by atoms with Crippen molar-refractivity contribution in [3.05, 3.63) is 24.3 Å². The van der Waals surface area contributed by atoms with Crippen molar-refractivity contribution >= 4 is 0 Å². The predicted molar refractivity (Wildman–Crippen MR) is 71.1 cm³/mol. The molecule has 0 aromatic heterocycles. The Hall–Kier alpha value is -1.03. The van der Waals surface area contributed by atoms with Crippen LogP contribution in [-0.2, 0) is 0 Å². The Kier molecular flexibility index (Phi) is 13.1. The van der Waals surface area contributed by atoms with Gasteiger partial charge in [-0.15, -0.1) is 0 Å². The topological polar surface area (TPSA) is 23.8 Å². The third kappa shape index (κ3) is 13.0. The molecule has 0 aliphatic rings. The molecule has 0 saturated heterocycles. The zero-order valence-corrected chi connectivity index (χ0v) is 10.6. The molecule has 16 heavy (non-hydrogen) atoms. The molecule has 0 aliphatic heterocycles. The van der Waals surface area contributed by atoms with E-state index in [0.29, 0.717) is 0 Å². The van der Waals surface area contributed by atoms with Gasteiger partial charge in [0.25, 0.3) is 0 Å². The van der Waals surface area contributed by atoms with Crippen molar-refractivity contribution < 1.29 is 0 Å². The van der Waals surface area contributed by atoms with E-state index in [1.54, 1.807) is 6.08 Å². The van der Waals surface area contributed by atoms with Crippen molar-refractivity contribution in [3.63, 3.8) is 0 Å². The highest BCUT2D eigenvalue weighted by Gasteiger charge is 1.86. The van der Waals surface area contributed by atoms with Crippen LogP contribution in [-0.4, -0.2) is 0 Å². The van der Waals surface area contributed by atoms with Crippen molar-refractivity contribution in [1.82, 2.24) is 0 Å². The molecule has 0 heterocycles. The van der Waals surface area contributed by atoms with E-state index >= 15 is 0 Å². The Morgan fingerprint density at radius 3 is 2.12 bits per heavy atom. The summed E-state index contributed by atoms with van der Waals surface area (Å²) in [6, 6.07) is 2.00. The fraction of sp³-hybridized carbons (Fsp3) is 0.667. The van der Waals surface area contributed by atoms with Gasteiger partial charge in [0.15, 0.2) is 0 Å². The first-order valence-electron chi connectivity index (χ1n) is 6.61. The van der Waals surface area contributed by atoms with E-state index in [1.165, 1.54) is 38.5 Å². The molecule has 0 saturated carbocycles. The van der Waals surface area contributed by atoms with E-state index in [-0.39, 0.29) is 0 Å². The fourth-order valence-electron chi connectivity index (χ4n) is 1.59. The Morgan fingerprint density at radius 1 is 0.812 bits per heavy atom. The molecule has 0 amide bonds. The van der Waals surface area contributed by atoms with Gasteiger partial charge in [-0.1, -0.05) is 50.8 Å². The van der Waals surface area contributed by atoms with Crippen LogP contribution in [0.1, 0.15) is 64.7 Å². The van der Waals surface area contributed by atoms with Crippen LogP contribution in [0.15, 0.2) is 24.3 Å². The molecule has 0 radical (unpaired) electrons. The summed E-state index contributed by atoms with van der Waals surface area (Å²) in [5.41, 5.74) is 0. The second-order valence-electron chi connectivity index (χ2n) is 4.14. The quantitative estimate of drug-likeness (QED) is 0.283. The summed E-state index contributed by atoms with van der Waals surface area (Å²) in [6.07, 6.45) is 19.5. The average molecular weight is 219 g/mol. The van der Waals surface area contributed by atoms with Crippen LogP contribution in [0.5, 0.6) is 0 Å². The minimum Gasteiger partial charge on any atom is -0.193 e. The summed E-state index contributed by atoms with van der Waals surface area (Å²) in [7, 11) is 0. The first kappa shape index (κ1) is 15.0. The highest BCUT2D eigenvalue weighted by Crippen LogP contribution is 2.06. The lowest BCUT2D eigenvalue weighted by Crippen LogP contribution is -1.76. The van der Waals surface area contributed by atoms with Crippen molar-refractivity contribution in [2.24, 2.45) is 0 Å². The maximum Gasteiger partial charge on any atom is 0.0908 e. The zero-order valence-electron chi connectivity index (χ0n) is 10.6. The van der Waals surface area contributed by atoms with Gasteiger partial charge >= 0.3 is 0 Å². The molecule has 0 bridgehead atoms. The minimum absolute atomic E-state index is 1.02. The molecule has 0 N–H and O–H groups in total. The maximum atomic E-state index is 8.28. The van der Waals surface area contributed by atoms with E-state index in [0.717, 1.165) is 19.3 Å². The Balaban J connectivity index is 3.10. The Morgan fingerprint density at radius 2 is 1.44 bits per heavy atom. The number of nitriles is 1. The third-order valence-electron chi connectivity index (χ3n) is 2.57. The molecule has 1 nitrogen and oxygen atoms in total. The molecule has 0 aliphatic carbocycles. The molecular weight excluding hydrogens is 194 g/mol. The van der Waals surface area contributed by atoms with Gasteiger partial charge in [-0.2, -0.15) is 5.26 Å². The van der Waals surface area contributed by atoms with Crippen molar-refractivity contribution in [3.8, 4) is 6.07 Å². The smallest absolute Gasteiger partial charge is 0.0908 e. The van der Waals surface area contributed by atoms with Crippen molar-refractivity contribution in [2.45, 2.75) is 64.7 Å². The molecule has 90 valence electrons. The number of hydrogen-bond donors (Lipinski definition) is 0. The second-order valence-corrected chi connectivity index (χ2v) is 4.14. The lowest BCUT2D eigenvalue weighted by Gasteiger charge is -1.96.